The van der Waals surface area contributed by atoms with Crippen LogP contribution in [-0.4, -0.2) is 22.1 Å². The van der Waals surface area contributed by atoms with Crippen molar-refractivity contribution in [1.29, 1.82) is 0 Å². The Morgan fingerprint density at radius 1 is 1.03 bits per heavy atom. The number of unbranched alkanes of at least 4 members (excludes halogenated alkanes) is 6. The number of nitrogens with zero attached hydrogens (tertiary/aromatic N) is 2. The highest BCUT2D eigenvalue weighted by atomic mass is 32.1. The number of aryl methyl sites for hydroxylation is 1. The van der Waals surface area contributed by atoms with Gasteiger partial charge in [0.25, 0.3) is 0 Å². The predicted octanol–water partition coefficient (Wildman–Crippen LogP) is 8.03. The van der Waals surface area contributed by atoms with Crippen LogP contribution in [0.4, 0.5) is 0 Å². The fraction of sp³-hybridized carbons (Fsp3) is 0.571. The molecular formula is C28H40N2O2S. The third-order valence-corrected chi connectivity index (χ3v) is 6.89. The number of thiazole rings is 1. The lowest BCUT2D eigenvalue weighted by atomic mass is 9.89. The molecule has 0 saturated carbocycles. The molecule has 33 heavy (non-hydrogen) atoms. The van der Waals surface area contributed by atoms with Gasteiger partial charge in [0.15, 0.2) is 0 Å². The van der Waals surface area contributed by atoms with E-state index < -0.39 is 0 Å². The molecule has 3 aromatic rings. The predicted molar refractivity (Wildman–Crippen MR) is 139 cm³/mol. The zero-order valence-corrected chi connectivity index (χ0v) is 21.7. The molecule has 0 aliphatic heterocycles. The van der Waals surface area contributed by atoms with Gasteiger partial charge in [0, 0.05) is 22.5 Å². The van der Waals surface area contributed by atoms with Crippen LogP contribution in [0.25, 0.3) is 10.9 Å². The van der Waals surface area contributed by atoms with Gasteiger partial charge in [0.1, 0.15) is 10.7 Å². The Morgan fingerprint density at radius 2 is 1.76 bits per heavy atom. The number of ether oxygens (including phenoxy) is 1. The van der Waals surface area contributed by atoms with Gasteiger partial charge >= 0.3 is 5.97 Å². The monoisotopic (exact) mass is 468 g/mol. The van der Waals surface area contributed by atoms with E-state index in [0.717, 1.165) is 22.3 Å². The summed E-state index contributed by atoms with van der Waals surface area (Å²) >= 11 is 1.61. The molecule has 0 spiro atoms. The third kappa shape index (κ3) is 7.99. The van der Waals surface area contributed by atoms with Crippen LogP contribution in [0, 0.1) is 5.41 Å². The maximum absolute atomic E-state index is 12.6. The molecular weight excluding hydrogens is 428 g/mol. The molecule has 1 aromatic carbocycles. The maximum Gasteiger partial charge on any atom is 0.354 e. The zero-order valence-electron chi connectivity index (χ0n) is 20.9. The number of hydrogen-bond donors (Lipinski definition) is 0. The summed E-state index contributed by atoms with van der Waals surface area (Å²) in [5, 5.41) is 4.04. The third-order valence-electron chi connectivity index (χ3n) is 6.12. The topological polar surface area (TPSA) is 44.1 Å². The Balaban J connectivity index is 1.55. The van der Waals surface area contributed by atoms with Crippen molar-refractivity contribution in [2.24, 2.45) is 5.41 Å². The molecule has 0 N–H and O–H groups in total. The van der Waals surface area contributed by atoms with Crippen LogP contribution in [0.5, 0.6) is 0 Å². The van der Waals surface area contributed by atoms with E-state index in [4.69, 9.17) is 4.74 Å². The smallest absolute Gasteiger partial charge is 0.354 e. The number of rotatable bonds is 13. The van der Waals surface area contributed by atoms with E-state index in [1.165, 1.54) is 56.9 Å². The molecule has 0 amide bonds. The first kappa shape index (κ1) is 25.5. The van der Waals surface area contributed by atoms with Crippen molar-refractivity contribution in [3.8, 4) is 0 Å². The van der Waals surface area contributed by atoms with Gasteiger partial charge in [0.2, 0.25) is 0 Å². The highest BCUT2D eigenvalue weighted by Gasteiger charge is 2.18. The highest BCUT2D eigenvalue weighted by Crippen LogP contribution is 2.25. The van der Waals surface area contributed by atoms with Crippen molar-refractivity contribution in [2.45, 2.75) is 92.0 Å². The summed E-state index contributed by atoms with van der Waals surface area (Å²) in [7, 11) is 0. The molecule has 0 aliphatic rings. The Hall–Kier alpha value is -2.14. The minimum absolute atomic E-state index is 0.269. The summed E-state index contributed by atoms with van der Waals surface area (Å²) in [6, 6.07) is 8.54. The van der Waals surface area contributed by atoms with Crippen molar-refractivity contribution in [2.75, 3.05) is 6.61 Å². The van der Waals surface area contributed by atoms with E-state index in [1.807, 2.05) is 24.6 Å². The van der Waals surface area contributed by atoms with Crippen LogP contribution < -0.4 is 0 Å². The molecule has 0 unspecified atom stereocenters. The Labute approximate surface area is 203 Å². The molecule has 3 rings (SSSR count). The number of esters is 1. The summed E-state index contributed by atoms with van der Waals surface area (Å²) in [5.41, 5.74) is 3.50. The number of carbonyl (C=O) groups is 1. The van der Waals surface area contributed by atoms with Gasteiger partial charge < -0.3 is 9.30 Å². The van der Waals surface area contributed by atoms with Gasteiger partial charge in [-0.3, -0.25) is 0 Å². The summed E-state index contributed by atoms with van der Waals surface area (Å²) in [6.07, 6.45) is 13.5. The fourth-order valence-corrected chi connectivity index (χ4v) is 4.94. The minimum atomic E-state index is -0.269. The van der Waals surface area contributed by atoms with Crippen LogP contribution in [0.15, 0.2) is 35.8 Å². The van der Waals surface area contributed by atoms with Crippen LogP contribution in [0.2, 0.25) is 0 Å². The van der Waals surface area contributed by atoms with E-state index in [-0.39, 0.29) is 5.97 Å². The lowest BCUT2D eigenvalue weighted by Gasteiger charge is -2.17. The average molecular weight is 469 g/mol. The fourth-order valence-electron chi connectivity index (χ4n) is 4.33. The van der Waals surface area contributed by atoms with E-state index in [2.05, 4.69) is 48.5 Å². The van der Waals surface area contributed by atoms with Crippen molar-refractivity contribution >= 4 is 28.2 Å². The second kappa shape index (κ2) is 12.4. The minimum Gasteiger partial charge on any atom is -0.461 e. The first-order valence-electron chi connectivity index (χ1n) is 12.5. The average Bonchev–Trinajstić information content (AvgIpc) is 3.40. The maximum atomic E-state index is 12.6. The largest absolute Gasteiger partial charge is 0.461 e. The molecule has 2 heterocycles. The van der Waals surface area contributed by atoms with Crippen molar-refractivity contribution < 1.29 is 9.53 Å². The number of aromatic nitrogens is 2. The van der Waals surface area contributed by atoms with Crippen molar-refractivity contribution in [3.63, 3.8) is 0 Å². The Bertz CT molecular complexity index is 999. The van der Waals surface area contributed by atoms with Gasteiger partial charge in [-0.1, -0.05) is 71.4 Å². The summed E-state index contributed by atoms with van der Waals surface area (Å²) in [5.74, 6) is -0.269. The van der Waals surface area contributed by atoms with E-state index >= 15 is 0 Å². The molecule has 4 nitrogen and oxygen atoms in total. The van der Waals surface area contributed by atoms with Gasteiger partial charge in [0.05, 0.1) is 13.2 Å². The number of carbonyl (C=O) groups excluding carboxylic acids is 1. The van der Waals surface area contributed by atoms with Gasteiger partial charge in [-0.05, 0) is 49.3 Å². The van der Waals surface area contributed by atoms with E-state index in [9.17, 15) is 4.79 Å². The summed E-state index contributed by atoms with van der Waals surface area (Å²) in [4.78, 5) is 17.0. The first-order valence-corrected chi connectivity index (χ1v) is 13.4. The summed E-state index contributed by atoms with van der Waals surface area (Å²) < 4.78 is 7.38. The number of fused-ring (bicyclic) bond motifs is 1. The number of hydrogen-bond acceptors (Lipinski definition) is 4. The second-order valence-corrected chi connectivity index (χ2v) is 11.2. The van der Waals surface area contributed by atoms with Crippen LogP contribution in [-0.2, 0) is 17.7 Å². The Kier molecular flexibility index (Phi) is 9.54. The standard InChI is InChI=1S/C28H40N2O2S/c1-5-32-27(31)25-20-23-15-14-22(19-24(23)30(25)21-26-29-17-18-33-26)13-11-9-7-6-8-10-12-16-28(2,3)4/h14-15,17-20H,5-13,16,21H2,1-4H3. The van der Waals surface area contributed by atoms with Crippen LogP contribution in [0.1, 0.15) is 100 Å². The zero-order chi connectivity index (χ0) is 23.7. The quantitative estimate of drug-likeness (QED) is 0.188. The van der Waals surface area contributed by atoms with Crippen molar-refractivity contribution in [3.05, 3.63) is 52.1 Å². The lowest BCUT2D eigenvalue weighted by Crippen LogP contribution is -2.12. The van der Waals surface area contributed by atoms with E-state index in [0.29, 0.717) is 24.3 Å². The normalized spacial score (nSPS) is 11.9. The van der Waals surface area contributed by atoms with Gasteiger partial charge in [-0.2, -0.15) is 0 Å². The lowest BCUT2D eigenvalue weighted by molar-refractivity contribution is 0.0515. The van der Waals surface area contributed by atoms with Crippen LogP contribution >= 0.6 is 11.3 Å². The molecule has 0 atom stereocenters. The van der Waals surface area contributed by atoms with Gasteiger partial charge in [-0.25, -0.2) is 9.78 Å². The second-order valence-electron chi connectivity index (χ2n) is 10.2. The highest BCUT2D eigenvalue weighted by molar-refractivity contribution is 7.09. The molecule has 180 valence electrons. The molecule has 0 fully saturated rings. The number of benzene rings is 1. The molecule has 5 heteroatoms. The Morgan fingerprint density at radius 3 is 2.42 bits per heavy atom. The van der Waals surface area contributed by atoms with Gasteiger partial charge in [-0.15, -0.1) is 11.3 Å². The van der Waals surface area contributed by atoms with Crippen molar-refractivity contribution in [1.82, 2.24) is 9.55 Å². The first-order chi connectivity index (χ1) is 15.9. The molecule has 0 saturated heterocycles. The SMILES string of the molecule is CCOC(=O)c1cc2ccc(CCCCCCCCCC(C)(C)C)cc2n1Cc1nccs1. The molecule has 0 bridgehead atoms. The molecule has 0 aliphatic carbocycles. The molecule has 0 radical (unpaired) electrons. The van der Waals surface area contributed by atoms with Crippen LogP contribution in [0.3, 0.4) is 0 Å². The summed E-state index contributed by atoms with van der Waals surface area (Å²) in [6.45, 7) is 9.80. The van der Waals surface area contributed by atoms with E-state index in [1.54, 1.807) is 11.3 Å². The molecule has 2 aromatic heterocycles.